The van der Waals surface area contributed by atoms with Gasteiger partial charge in [-0.1, -0.05) is 31.7 Å². The number of hydrogen-bond acceptors (Lipinski definition) is 4. The van der Waals surface area contributed by atoms with Crippen LogP contribution in [0.15, 0.2) is 69.9 Å². The van der Waals surface area contributed by atoms with Crippen molar-refractivity contribution in [2.75, 3.05) is 26.2 Å². The van der Waals surface area contributed by atoms with E-state index in [9.17, 15) is 4.79 Å². The lowest BCUT2D eigenvalue weighted by Crippen LogP contribution is -2.34. The highest BCUT2D eigenvalue weighted by atomic mass is 16.2. The van der Waals surface area contributed by atoms with Crippen molar-refractivity contribution >= 4 is 28.7 Å². The Labute approximate surface area is 155 Å². The third-order valence-electron chi connectivity index (χ3n) is 3.99. The lowest BCUT2D eigenvalue weighted by atomic mass is 10.2. The average Bonchev–Trinajstić information content (AvgIpc) is 2.88. The first-order valence-corrected chi connectivity index (χ1v) is 8.13. The molecular weight excluding hydrogens is 326 g/mol. The maximum absolute atomic E-state index is 12.6. The number of carbonyl (C=O) groups excluding carboxylic acids is 1. The molecule has 1 heterocycles. The summed E-state index contributed by atoms with van der Waals surface area (Å²) < 4.78 is 0.688. The zero-order valence-electron chi connectivity index (χ0n) is 14.9. The maximum atomic E-state index is 12.6. The molecule has 1 aliphatic rings. The van der Waals surface area contributed by atoms with Gasteiger partial charge in [-0.3, -0.25) is 9.28 Å². The standard InChI is InChI=1S/C19H22N5O.CH4/c1-14-18(19(25)23(22-14)16-10-6-5-7-11-16)21-20-15-9-8-12-17(13-15)24(2,3)4;/h5-13,18H,1-4H3;1H4/q+1;. The normalized spacial score (nSPS) is 17.4. The largest absolute Gasteiger partial charge is 0.298 e. The van der Waals surface area contributed by atoms with Crippen LogP contribution in [0.4, 0.5) is 17.1 Å². The predicted molar refractivity (Wildman–Crippen MR) is 108 cm³/mol. The molecular formula is C20H26N5O+. The van der Waals surface area contributed by atoms with Gasteiger partial charge in [-0.25, -0.2) is 0 Å². The van der Waals surface area contributed by atoms with E-state index in [0.29, 0.717) is 10.2 Å². The Bertz CT molecular complexity index is 837. The molecule has 26 heavy (non-hydrogen) atoms. The first-order valence-electron chi connectivity index (χ1n) is 8.13. The number of rotatable bonds is 4. The van der Waals surface area contributed by atoms with Crippen LogP contribution in [0.25, 0.3) is 0 Å². The van der Waals surface area contributed by atoms with Crippen molar-refractivity contribution in [1.82, 2.24) is 4.48 Å². The minimum atomic E-state index is -0.673. The molecule has 6 nitrogen and oxygen atoms in total. The van der Waals surface area contributed by atoms with E-state index in [1.807, 2.05) is 54.6 Å². The number of quaternary nitrogens is 1. The van der Waals surface area contributed by atoms with Crippen molar-refractivity contribution in [2.24, 2.45) is 15.3 Å². The fourth-order valence-electron chi connectivity index (χ4n) is 2.54. The SMILES string of the molecule is C.CC1=NN(c2ccccc2)C(=O)C1N=Nc1cccc([N+](C)(C)C)c1. The molecule has 136 valence electrons. The lowest BCUT2D eigenvalue weighted by Gasteiger charge is -2.23. The Balaban J connectivity index is 0.00000243. The second-order valence-corrected chi connectivity index (χ2v) is 6.88. The molecule has 0 fully saturated rings. The van der Waals surface area contributed by atoms with Crippen LogP contribution in [0.1, 0.15) is 14.4 Å². The van der Waals surface area contributed by atoms with Gasteiger partial charge in [0.05, 0.1) is 38.2 Å². The summed E-state index contributed by atoms with van der Waals surface area (Å²) in [5.74, 6) is -0.185. The van der Waals surface area contributed by atoms with E-state index in [1.165, 1.54) is 5.01 Å². The molecule has 0 N–H and O–H groups in total. The fourth-order valence-corrected chi connectivity index (χ4v) is 2.54. The summed E-state index contributed by atoms with van der Waals surface area (Å²) in [6.07, 6.45) is 0. The molecule has 3 rings (SSSR count). The number of anilines is 1. The molecule has 0 aliphatic carbocycles. The van der Waals surface area contributed by atoms with E-state index in [2.05, 4.69) is 36.5 Å². The number of azo groups is 1. The minimum Gasteiger partial charge on any atom is -0.298 e. The van der Waals surface area contributed by atoms with Crippen LogP contribution in [-0.2, 0) is 4.79 Å². The zero-order chi connectivity index (χ0) is 18.0. The molecule has 1 aliphatic heterocycles. The maximum Gasteiger partial charge on any atom is 0.280 e. The van der Waals surface area contributed by atoms with Crippen molar-refractivity contribution in [3.63, 3.8) is 0 Å². The Morgan fingerprint density at radius 3 is 2.38 bits per heavy atom. The second-order valence-electron chi connectivity index (χ2n) is 6.88. The van der Waals surface area contributed by atoms with E-state index < -0.39 is 6.04 Å². The van der Waals surface area contributed by atoms with Gasteiger partial charge in [0, 0.05) is 6.07 Å². The van der Waals surface area contributed by atoms with E-state index >= 15 is 0 Å². The van der Waals surface area contributed by atoms with Gasteiger partial charge >= 0.3 is 0 Å². The zero-order valence-corrected chi connectivity index (χ0v) is 14.9. The van der Waals surface area contributed by atoms with Crippen molar-refractivity contribution < 1.29 is 4.79 Å². The molecule has 6 heteroatoms. The third kappa shape index (κ3) is 4.03. The van der Waals surface area contributed by atoms with Crippen LogP contribution >= 0.6 is 0 Å². The molecule has 0 radical (unpaired) electrons. The summed E-state index contributed by atoms with van der Waals surface area (Å²) in [6, 6.07) is 16.5. The summed E-state index contributed by atoms with van der Waals surface area (Å²) in [5.41, 5.74) is 3.21. The summed E-state index contributed by atoms with van der Waals surface area (Å²) in [4.78, 5) is 12.6. The second kappa shape index (κ2) is 7.58. The number of hydrogen-bond donors (Lipinski definition) is 0. The minimum absolute atomic E-state index is 0. The topological polar surface area (TPSA) is 57.4 Å². The van der Waals surface area contributed by atoms with Crippen molar-refractivity contribution in [3.8, 4) is 0 Å². The van der Waals surface area contributed by atoms with E-state index in [1.54, 1.807) is 6.92 Å². The molecule has 1 atom stereocenters. The van der Waals surface area contributed by atoms with Gasteiger partial charge in [0.1, 0.15) is 5.69 Å². The van der Waals surface area contributed by atoms with Crippen LogP contribution < -0.4 is 9.49 Å². The highest BCUT2D eigenvalue weighted by Gasteiger charge is 2.34. The van der Waals surface area contributed by atoms with Crippen molar-refractivity contribution in [1.29, 1.82) is 0 Å². The van der Waals surface area contributed by atoms with Gasteiger partial charge in [0.25, 0.3) is 5.91 Å². The summed E-state index contributed by atoms with van der Waals surface area (Å²) in [7, 11) is 6.27. The van der Waals surface area contributed by atoms with Crippen LogP contribution in [0.5, 0.6) is 0 Å². The highest BCUT2D eigenvalue weighted by Crippen LogP contribution is 2.26. The molecule has 1 unspecified atom stereocenters. The number of hydrazone groups is 1. The Kier molecular flexibility index (Phi) is 5.67. The summed E-state index contributed by atoms with van der Waals surface area (Å²) in [5, 5.41) is 14.3. The van der Waals surface area contributed by atoms with Crippen molar-refractivity contribution in [2.45, 2.75) is 20.4 Å². The smallest absolute Gasteiger partial charge is 0.280 e. The average molecular weight is 352 g/mol. The molecule has 0 saturated heterocycles. The monoisotopic (exact) mass is 352 g/mol. The number of nitrogens with zero attached hydrogens (tertiary/aromatic N) is 5. The third-order valence-corrected chi connectivity index (χ3v) is 3.99. The van der Waals surface area contributed by atoms with Crippen molar-refractivity contribution in [3.05, 3.63) is 54.6 Å². The van der Waals surface area contributed by atoms with Gasteiger partial charge in [-0.2, -0.15) is 20.3 Å². The summed E-state index contributed by atoms with van der Waals surface area (Å²) in [6.45, 7) is 1.80. The molecule has 0 spiro atoms. The first kappa shape index (κ1) is 19.5. The molecule has 1 amide bonds. The van der Waals surface area contributed by atoms with E-state index in [4.69, 9.17) is 0 Å². The van der Waals surface area contributed by atoms with Crippen LogP contribution in [0.2, 0.25) is 0 Å². The van der Waals surface area contributed by atoms with Gasteiger partial charge in [0.15, 0.2) is 6.04 Å². The summed E-state index contributed by atoms with van der Waals surface area (Å²) >= 11 is 0. The van der Waals surface area contributed by atoms with Crippen LogP contribution in [-0.4, -0.2) is 38.8 Å². The molecule has 0 bridgehead atoms. The Morgan fingerprint density at radius 2 is 1.73 bits per heavy atom. The quantitative estimate of drug-likeness (QED) is 0.594. The predicted octanol–water partition coefficient (Wildman–Crippen LogP) is 4.39. The van der Waals surface area contributed by atoms with Gasteiger partial charge in [-0.05, 0) is 31.2 Å². The number of benzene rings is 2. The molecule has 2 aromatic carbocycles. The van der Waals surface area contributed by atoms with Gasteiger partial charge in [-0.15, -0.1) is 0 Å². The van der Waals surface area contributed by atoms with Gasteiger partial charge in [0.2, 0.25) is 0 Å². The first-order chi connectivity index (χ1) is 11.9. The lowest BCUT2D eigenvalue weighted by molar-refractivity contribution is -0.117. The fraction of sp³-hybridized carbons (Fsp3) is 0.300. The van der Waals surface area contributed by atoms with Gasteiger partial charge < -0.3 is 0 Å². The Morgan fingerprint density at radius 1 is 1.04 bits per heavy atom. The molecule has 0 saturated carbocycles. The number of amides is 1. The van der Waals surface area contributed by atoms with Crippen LogP contribution in [0.3, 0.4) is 0 Å². The van der Waals surface area contributed by atoms with E-state index in [0.717, 1.165) is 17.1 Å². The highest BCUT2D eigenvalue weighted by molar-refractivity contribution is 6.18. The van der Waals surface area contributed by atoms with E-state index in [-0.39, 0.29) is 13.3 Å². The van der Waals surface area contributed by atoms with Crippen LogP contribution in [0, 0.1) is 0 Å². The molecule has 2 aromatic rings. The Hall–Kier alpha value is -2.86. The molecule has 0 aromatic heterocycles. The number of para-hydroxylation sites is 1. The number of carbonyl (C=O) groups is 1.